The van der Waals surface area contributed by atoms with Gasteiger partial charge in [0.25, 0.3) is 0 Å². The fourth-order valence-electron chi connectivity index (χ4n) is 1.32. The molecule has 0 heterocycles. The van der Waals surface area contributed by atoms with Crippen LogP contribution < -0.4 is 5.73 Å². The van der Waals surface area contributed by atoms with Crippen molar-refractivity contribution in [2.24, 2.45) is 11.7 Å². The minimum atomic E-state index is -0.323. The van der Waals surface area contributed by atoms with Crippen molar-refractivity contribution in [1.29, 1.82) is 0 Å². The van der Waals surface area contributed by atoms with Crippen molar-refractivity contribution in [3.05, 3.63) is 24.8 Å². The molecule has 0 aliphatic carbocycles. The number of ether oxygens (including phenoxy) is 1. The first kappa shape index (κ1) is 13.9. The van der Waals surface area contributed by atoms with E-state index in [1.165, 1.54) is 0 Å². The number of primary amides is 1. The van der Waals surface area contributed by atoms with Gasteiger partial charge in [-0.25, -0.2) is 0 Å². The van der Waals surface area contributed by atoms with Gasteiger partial charge < -0.3 is 10.5 Å². The van der Waals surface area contributed by atoms with Crippen LogP contribution in [0.1, 0.15) is 26.7 Å². The largest absolute Gasteiger partial charge is 0.373 e. The highest BCUT2D eigenvalue weighted by Crippen LogP contribution is 2.15. The fraction of sp³-hybridized carbons (Fsp3) is 0.583. The first-order chi connectivity index (χ1) is 7.11. The molecule has 0 aromatic heterocycles. The number of allylic oxidation sites excluding steroid dienone is 2. The number of hydrogen-bond acceptors (Lipinski definition) is 2. The van der Waals surface area contributed by atoms with Crippen LogP contribution in [0.4, 0.5) is 0 Å². The molecule has 1 amide bonds. The summed E-state index contributed by atoms with van der Waals surface area (Å²) in [5, 5.41) is 0. The number of hydrogen-bond donors (Lipinski definition) is 1. The fourth-order valence-corrected chi connectivity index (χ4v) is 1.32. The Hall–Kier alpha value is -1.09. The second kappa shape index (κ2) is 8.24. The second-order valence-corrected chi connectivity index (χ2v) is 3.61. The van der Waals surface area contributed by atoms with Crippen molar-refractivity contribution >= 4 is 5.91 Å². The van der Waals surface area contributed by atoms with Crippen LogP contribution in [0.2, 0.25) is 0 Å². The Morgan fingerprint density at radius 2 is 2.27 bits per heavy atom. The molecule has 0 saturated carbocycles. The maximum absolute atomic E-state index is 10.8. The molecule has 0 aliphatic rings. The summed E-state index contributed by atoms with van der Waals surface area (Å²) in [7, 11) is 0. The van der Waals surface area contributed by atoms with E-state index in [4.69, 9.17) is 10.5 Å². The van der Waals surface area contributed by atoms with Crippen LogP contribution in [-0.4, -0.2) is 18.6 Å². The Morgan fingerprint density at radius 3 is 2.73 bits per heavy atom. The topological polar surface area (TPSA) is 52.3 Å². The third-order valence-corrected chi connectivity index (χ3v) is 2.21. The van der Waals surface area contributed by atoms with E-state index < -0.39 is 0 Å². The number of amides is 1. The van der Waals surface area contributed by atoms with Crippen LogP contribution in [0.3, 0.4) is 0 Å². The first-order valence-electron chi connectivity index (χ1n) is 5.23. The molecule has 2 unspecified atom stereocenters. The van der Waals surface area contributed by atoms with E-state index in [-0.39, 0.29) is 24.3 Å². The highest BCUT2D eigenvalue weighted by atomic mass is 16.5. The van der Waals surface area contributed by atoms with E-state index in [2.05, 4.69) is 19.6 Å². The number of carbonyl (C=O) groups excluding carboxylic acids is 1. The molecule has 0 aromatic carbocycles. The van der Waals surface area contributed by atoms with Gasteiger partial charge in [-0.2, -0.15) is 0 Å². The average Bonchev–Trinajstić information content (AvgIpc) is 2.20. The molecule has 3 nitrogen and oxygen atoms in total. The lowest BCUT2D eigenvalue weighted by Gasteiger charge is -2.21. The Kier molecular flexibility index (Phi) is 7.64. The van der Waals surface area contributed by atoms with Crippen LogP contribution >= 0.6 is 0 Å². The van der Waals surface area contributed by atoms with Crippen molar-refractivity contribution in [2.45, 2.75) is 32.8 Å². The first-order valence-corrected chi connectivity index (χ1v) is 5.23. The van der Waals surface area contributed by atoms with E-state index in [9.17, 15) is 4.79 Å². The highest BCUT2D eigenvalue weighted by molar-refractivity contribution is 5.74. The second-order valence-electron chi connectivity index (χ2n) is 3.61. The molecular formula is C12H21NO2. The van der Waals surface area contributed by atoms with Crippen molar-refractivity contribution in [2.75, 3.05) is 6.61 Å². The number of rotatable bonds is 8. The minimum Gasteiger partial charge on any atom is -0.373 e. The molecule has 3 heteroatoms. The number of nitrogens with two attached hydrogens (primary N) is 1. The standard InChI is InChI=1S/C12H21NO2/c1-4-6-7-10(3)11(9-12(13)14)15-8-5-2/h4-6,10-11H,2,7-9H2,1,3H3,(H2,13,14)/b6-4+. The van der Waals surface area contributed by atoms with Crippen LogP contribution in [0.25, 0.3) is 0 Å². The summed E-state index contributed by atoms with van der Waals surface area (Å²) in [5.74, 6) is -0.0370. The molecule has 2 N–H and O–H groups in total. The summed E-state index contributed by atoms with van der Waals surface area (Å²) >= 11 is 0. The van der Waals surface area contributed by atoms with Crippen molar-refractivity contribution < 1.29 is 9.53 Å². The Balaban J connectivity index is 4.18. The molecule has 0 fully saturated rings. The zero-order valence-corrected chi connectivity index (χ0v) is 9.61. The molecule has 0 rings (SSSR count). The molecule has 2 atom stereocenters. The van der Waals surface area contributed by atoms with Crippen molar-refractivity contribution in [1.82, 2.24) is 0 Å². The summed E-state index contributed by atoms with van der Waals surface area (Å²) in [6, 6.07) is 0. The third kappa shape index (κ3) is 6.91. The Labute approximate surface area is 92.0 Å². The maximum atomic E-state index is 10.8. The average molecular weight is 211 g/mol. The van der Waals surface area contributed by atoms with E-state index in [0.717, 1.165) is 6.42 Å². The molecular weight excluding hydrogens is 190 g/mol. The summed E-state index contributed by atoms with van der Waals surface area (Å²) in [6.45, 7) is 8.06. The van der Waals surface area contributed by atoms with Crippen molar-refractivity contribution in [3.63, 3.8) is 0 Å². The van der Waals surface area contributed by atoms with Gasteiger partial charge in [0.05, 0.1) is 19.1 Å². The van der Waals surface area contributed by atoms with Gasteiger partial charge in [-0.3, -0.25) is 4.79 Å². The third-order valence-electron chi connectivity index (χ3n) is 2.21. The van der Waals surface area contributed by atoms with Crippen LogP contribution in [0.15, 0.2) is 24.8 Å². The zero-order valence-electron chi connectivity index (χ0n) is 9.61. The predicted molar refractivity (Wildman–Crippen MR) is 62.3 cm³/mol. The summed E-state index contributed by atoms with van der Waals surface area (Å²) in [6.07, 6.45) is 6.78. The lowest BCUT2D eigenvalue weighted by atomic mass is 9.97. The van der Waals surface area contributed by atoms with Gasteiger partial charge in [0.15, 0.2) is 0 Å². The van der Waals surface area contributed by atoms with Gasteiger partial charge in [0.1, 0.15) is 0 Å². The number of carbonyl (C=O) groups is 1. The molecule has 0 aromatic rings. The summed E-state index contributed by atoms with van der Waals surface area (Å²) in [5.41, 5.74) is 5.17. The van der Waals surface area contributed by atoms with E-state index >= 15 is 0 Å². The molecule has 0 saturated heterocycles. The van der Waals surface area contributed by atoms with Gasteiger partial charge >= 0.3 is 0 Å². The van der Waals surface area contributed by atoms with Crippen LogP contribution in [-0.2, 0) is 9.53 Å². The SMILES string of the molecule is C=CCOC(CC(N)=O)C(C)C/C=C/C. The maximum Gasteiger partial charge on any atom is 0.220 e. The molecule has 86 valence electrons. The normalized spacial score (nSPS) is 15.1. The molecule has 0 spiro atoms. The summed E-state index contributed by atoms with van der Waals surface area (Å²) in [4.78, 5) is 10.8. The van der Waals surface area contributed by atoms with Crippen LogP contribution in [0.5, 0.6) is 0 Å². The van der Waals surface area contributed by atoms with E-state index in [1.54, 1.807) is 6.08 Å². The predicted octanol–water partition coefficient (Wildman–Crippen LogP) is 2.04. The molecule has 15 heavy (non-hydrogen) atoms. The molecule has 0 bridgehead atoms. The monoisotopic (exact) mass is 211 g/mol. The quantitative estimate of drug-likeness (QED) is 0.625. The lowest BCUT2D eigenvalue weighted by molar-refractivity contribution is -0.121. The molecule has 0 aliphatic heterocycles. The van der Waals surface area contributed by atoms with Gasteiger partial charge in [-0.1, -0.05) is 25.2 Å². The Bertz CT molecular complexity index is 224. The molecule has 0 radical (unpaired) electrons. The van der Waals surface area contributed by atoms with Gasteiger partial charge in [0, 0.05) is 0 Å². The summed E-state index contributed by atoms with van der Waals surface area (Å²) < 4.78 is 5.51. The van der Waals surface area contributed by atoms with Gasteiger partial charge in [0.2, 0.25) is 5.91 Å². The van der Waals surface area contributed by atoms with E-state index in [0.29, 0.717) is 6.61 Å². The zero-order chi connectivity index (χ0) is 11.7. The smallest absolute Gasteiger partial charge is 0.220 e. The minimum absolute atomic E-state index is 0.114. The lowest BCUT2D eigenvalue weighted by Crippen LogP contribution is -2.28. The van der Waals surface area contributed by atoms with E-state index in [1.807, 2.05) is 13.0 Å². The Morgan fingerprint density at radius 1 is 1.60 bits per heavy atom. The van der Waals surface area contributed by atoms with Gasteiger partial charge in [-0.05, 0) is 19.3 Å². The van der Waals surface area contributed by atoms with Gasteiger partial charge in [-0.15, -0.1) is 6.58 Å². The van der Waals surface area contributed by atoms with Crippen LogP contribution in [0, 0.1) is 5.92 Å². The van der Waals surface area contributed by atoms with Crippen molar-refractivity contribution in [3.8, 4) is 0 Å². The highest BCUT2D eigenvalue weighted by Gasteiger charge is 2.18.